The monoisotopic (exact) mass is 382 g/mol. The van der Waals surface area contributed by atoms with Gasteiger partial charge in [0, 0.05) is 30.5 Å². The van der Waals surface area contributed by atoms with Gasteiger partial charge in [-0.3, -0.25) is 14.6 Å². The number of fused-ring (bicyclic) bond motifs is 1. The first-order valence-corrected chi connectivity index (χ1v) is 9.84. The third-order valence-electron chi connectivity index (χ3n) is 5.71. The van der Waals surface area contributed by atoms with Crippen LogP contribution in [-0.2, 0) is 4.79 Å². The average molecular weight is 382 g/mol. The summed E-state index contributed by atoms with van der Waals surface area (Å²) in [5.74, 6) is 0.416. The number of methoxy groups -OCH3 is 1. The molecule has 0 spiro atoms. The number of aromatic nitrogens is 1. The van der Waals surface area contributed by atoms with Crippen molar-refractivity contribution < 1.29 is 14.3 Å². The van der Waals surface area contributed by atoms with E-state index >= 15 is 0 Å². The Bertz CT molecular complexity index is 892. The van der Waals surface area contributed by atoms with Crippen molar-refractivity contribution in [1.29, 1.82) is 0 Å². The zero-order chi connectivity index (χ0) is 19.7. The largest absolute Gasteiger partial charge is 0.496 e. The number of para-hydroxylation sites is 1. The van der Waals surface area contributed by atoms with Crippen LogP contribution in [-0.4, -0.2) is 72.1 Å². The van der Waals surface area contributed by atoms with E-state index in [9.17, 15) is 9.59 Å². The number of pyridine rings is 1. The molecule has 0 radical (unpaired) electrons. The second-order valence-corrected chi connectivity index (χ2v) is 7.55. The maximum absolute atomic E-state index is 13.2. The van der Waals surface area contributed by atoms with E-state index in [-0.39, 0.29) is 17.7 Å². The van der Waals surface area contributed by atoms with E-state index in [1.807, 2.05) is 24.3 Å². The molecule has 148 valence electrons. The van der Waals surface area contributed by atoms with Crippen molar-refractivity contribution in [2.75, 3.05) is 40.3 Å². The minimum Gasteiger partial charge on any atom is -0.496 e. The number of hydrazine groups is 1. The number of benzene rings is 1. The van der Waals surface area contributed by atoms with Crippen molar-refractivity contribution >= 4 is 22.7 Å². The Hall–Kier alpha value is -2.67. The number of hydrogen-bond donors (Lipinski definition) is 0. The molecule has 2 amide bonds. The van der Waals surface area contributed by atoms with Gasteiger partial charge in [-0.25, -0.2) is 9.99 Å². The maximum Gasteiger partial charge on any atom is 0.291 e. The van der Waals surface area contributed by atoms with Crippen molar-refractivity contribution in [3.8, 4) is 5.75 Å². The minimum atomic E-state index is -0.247. The lowest BCUT2D eigenvalue weighted by molar-refractivity contribution is -0.146. The molecule has 0 N–H and O–H groups in total. The molecule has 7 nitrogen and oxygen atoms in total. The van der Waals surface area contributed by atoms with E-state index in [0.29, 0.717) is 30.0 Å². The highest BCUT2D eigenvalue weighted by atomic mass is 16.5. The van der Waals surface area contributed by atoms with E-state index < -0.39 is 0 Å². The molecule has 28 heavy (non-hydrogen) atoms. The third kappa shape index (κ3) is 3.42. The molecule has 1 aromatic heterocycles. The Morgan fingerprint density at radius 1 is 1.07 bits per heavy atom. The van der Waals surface area contributed by atoms with Crippen LogP contribution >= 0.6 is 0 Å². The van der Waals surface area contributed by atoms with Crippen LogP contribution in [0.3, 0.4) is 0 Å². The molecule has 1 aromatic carbocycles. The highest BCUT2D eigenvalue weighted by molar-refractivity contribution is 5.98. The molecule has 0 bridgehead atoms. The first-order valence-electron chi connectivity index (χ1n) is 9.84. The number of piperidine rings is 1. The molecule has 2 aliphatic rings. The van der Waals surface area contributed by atoms with Crippen molar-refractivity contribution in [3.05, 3.63) is 36.0 Å². The molecular weight excluding hydrogens is 356 g/mol. The second kappa shape index (κ2) is 7.75. The van der Waals surface area contributed by atoms with Gasteiger partial charge in [0.1, 0.15) is 11.4 Å². The maximum atomic E-state index is 13.2. The summed E-state index contributed by atoms with van der Waals surface area (Å²) in [4.78, 5) is 33.0. The van der Waals surface area contributed by atoms with Crippen LogP contribution in [0.25, 0.3) is 10.9 Å². The molecule has 0 saturated carbocycles. The van der Waals surface area contributed by atoms with Gasteiger partial charge in [-0.05, 0) is 51.5 Å². The highest BCUT2D eigenvalue weighted by Crippen LogP contribution is 2.27. The number of nitrogens with zero attached hydrogens (tertiary/aromatic N) is 4. The van der Waals surface area contributed by atoms with Gasteiger partial charge in [0.25, 0.3) is 5.91 Å². The molecule has 2 saturated heterocycles. The first kappa shape index (κ1) is 18.7. The molecule has 0 unspecified atom stereocenters. The lowest BCUT2D eigenvalue weighted by Gasteiger charge is -2.34. The number of rotatable bonds is 3. The predicted molar refractivity (Wildman–Crippen MR) is 106 cm³/mol. The fourth-order valence-electron chi connectivity index (χ4n) is 4.07. The molecule has 4 rings (SSSR count). The number of hydrogen-bond acceptors (Lipinski definition) is 5. The Labute approximate surface area is 164 Å². The summed E-state index contributed by atoms with van der Waals surface area (Å²) in [5.41, 5.74) is 1.01. The van der Waals surface area contributed by atoms with Gasteiger partial charge in [0.2, 0.25) is 5.91 Å². The molecule has 2 fully saturated rings. The zero-order valence-electron chi connectivity index (χ0n) is 16.4. The number of ether oxygens (including phenoxy) is 1. The quantitative estimate of drug-likeness (QED) is 0.814. The van der Waals surface area contributed by atoms with E-state index in [4.69, 9.17) is 4.74 Å². The highest BCUT2D eigenvalue weighted by Gasteiger charge is 2.36. The summed E-state index contributed by atoms with van der Waals surface area (Å²) in [6.07, 6.45) is 2.47. The Morgan fingerprint density at radius 2 is 1.79 bits per heavy atom. The first-order chi connectivity index (χ1) is 13.6. The molecule has 7 heteroatoms. The van der Waals surface area contributed by atoms with Gasteiger partial charge in [-0.1, -0.05) is 12.1 Å². The minimum absolute atomic E-state index is 0.0105. The van der Waals surface area contributed by atoms with E-state index in [1.165, 1.54) is 0 Å². The van der Waals surface area contributed by atoms with Crippen LogP contribution in [0.2, 0.25) is 0 Å². The van der Waals surface area contributed by atoms with E-state index in [1.54, 1.807) is 23.2 Å². The average Bonchev–Trinajstić information content (AvgIpc) is 3.22. The summed E-state index contributed by atoms with van der Waals surface area (Å²) in [6, 6.07) is 9.24. The Balaban J connectivity index is 1.58. The van der Waals surface area contributed by atoms with Gasteiger partial charge < -0.3 is 9.64 Å². The topological polar surface area (TPSA) is 66.0 Å². The van der Waals surface area contributed by atoms with Crippen molar-refractivity contribution in [2.45, 2.75) is 19.3 Å². The molecule has 2 aliphatic heterocycles. The van der Waals surface area contributed by atoms with E-state index in [2.05, 4.69) is 16.9 Å². The van der Waals surface area contributed by atoms with Gasteiger partial charge >= 0.3 is 0 Å². The summed E-state index contributed by atoms with van der Waals surface area (Å²) in [7, 11) is 3.66. The standard InChI is InChI=1S/C21H26N4O3/c1-23-12-8-15(9-13-23)20(26)24-10-5-11-25(24)21(27)18-14-19(28-2)16-6-3-4-7-17(16)22-18/h3-4,6-7,14-15H,5,8-13H2,1-2H3. The SMILES string of the molecule is COc1cc(C(=O)N2CCCN2C(=O)C2CCN(C)CC2)nc2ccccc12. The second-order valence-electron chi connectivity index (χ2n) is 7.55. The molecule has 0 atom stereocenters. The summed E-state index contributed by atoms with van der Waals surface area (Å²) in [5, 5.41) is 4.07. The fourth-order valence-corrected chi connectivity index (χ4v) is 4.07. The van der Waals surface area contributed by atoms with Crippen molar-refractivity contribution in [2.24, 2.45) is 5.92 Å². The Morgan fingerprint density at radius 3 is 2.54 bits per heavy atom. The van der Waals surface area contributed by atoms with Crippen molar-refractivity contribution in [3.63, 3.8) is 0 Å². The lowest BCUT2D eigenvalue weighted by Crippen LogP contribution is -2.49. The van der Waals surface area contributed by atoms with Crippen LogP contribution in [0.4, 0.5) is 0 Å². The molecule has 0 aliphatic carbocycles. The van der Waals surface area contributed by atoms with Crippen LogP contribution in [0.15, 0.2) is 30.3 Å². The molecule has 3 heterocycles. The van der Waals surface area contributed by atoms with Crippen LogP contribution in [0.1, 0.15) is 29.8 Å². The van der Waals surface area contributed by atoms with Crippen LogP contribution in [0.5, 0.6) is 5.75 Å². The van der Waals surface area contributed by atoms with Crippen LogP contribution in [0, 0.1) is 5.92 Å². The number of carbonyl (C=O) groups is 2. The predicted octanol–water partition coefficient (Wildman–Crippen LogP) is 2.17. The number of amides is 2. The third-order valence-corrected chi connectivity index (χ3v) is 5.71. The number of likely N-dealkylation sites (tertiary alicyclic amines) is 1. The van der Waals surface area contributed by atoms with E-state index in [0.717, 1.165) is 37.7 Å². The lowest BCUT2D eigenvalue weighted by atomic mass is 9.96. The molecule has 2 aromatic rings. The van der Waals surface area contributed by atoms with Crippen molar-refractivity contribution in [1.82, 2.24) is 19.9 Å². The van der Waals surface area contributed by atoms with Crippen LogP contribution < -0.4 is 4.74 Å². The zero-order valence-corrected chi connectivity index (χ0v) is 16.4. The van der Waals surface area contributed by atoms with Gasteiger partial charge in [-0.2, -0.15) is 0 Å². The summed E-state index contributed by atoms with van der Waals surface area (Å²) >= 11 is 0. The smallest absolute Gasteiger partial charge is 0.291 e. The van der Waals surface area contributed by atoms with Gasteiger partial charge in [0.05, 0.1) is 12.6 Å². The molecular formula is C21H26N4O3. The summed E-state index contributed by atoms with van der Waals surface area (Å²) in [6.45, 7) is 2.96. The fraction of sp³-hybridized carbons (Fsp3) is 0.476. The van der Waals surface area contributed by atoms with Gasteiger partial charge in [0.15, 0.2) is 0 Å². The van der Waals surface area contributed by atoms with Gasteiger partial charge in [-0.15, -0.1) is 0 Å². The normalized spacial score (nSPS) is 18.6. The Kier molecular flexibility index (Phi) is 5.17. The number of carbonyl (C=O) groups excluding carboxylic acids is 2. The summed E-state index contributed by atoms with van der Waals surface area (Å²) < 4.78 is 5.46.